The molecule has 1 fully saturated rings. The van der Waals surface area contributed by atoms with Crippen LogP contribution in [0.1, 0.15) is 31.9 Å². The second-order valence-electron chi connectivity index (χ2n) is 7.04. The highest BCUT2D eigenvalue weighted by molar-refractivity contribution is 6.07. The van der Waals surface area contributed by atoms with Gasteiger partial charge in [0.05, 0.1) is 0 Å². The molecule has 0 bridgehead atoms. The lowest BCUT2D eigenvalue weighted by Gasteiger charge is -2.18. The molecule has 1 heterocycles. The third kappa shape index (κ3) is 1.97. The van der Waals surface area contributed by atoms with Gasteiger partial charge in [0.15, 0.2) is 0 Å². The predicted molar refractivity (Wildman–Crippen MR) is 89.5 cm³/mol. The Kier molecular flexibility index (Phi) is 2.67. The fourth-order valence-corrected chi connectivity index (χ4v) is 3.74. The van der Waals surface area contributed by atoms with Crippen molar-refractivity contribution in [2.24, 2.45) is 11.3 Å². The molecule has 2 nitrogen and oxygen atoms in total. The van der Waals surface area contributed by atoms with E-state index >= 15 is 0 Å². The molecule has 1 saturated carbocycles. The molecule has 3 aromatic rings. The Morgan fingerprint density at radius 1 is 1.10 bits per heavy atom. The summed E-state index contributed by atoms with van der Waals surface area (Å²) in [4.78, 5) is 3.50. The van der Waals surface area contributed by atoms with E-state index in [0.29, 0.717) is 11.5 Å². The molecule has 4 rings (SSSR count). The zero-order valence-electron chi connectivity index (χ0n) is 12.9. The average molecular weight is 278 g/mol. The van der Waals surface area contributed by atoms with Crippen LogP contribution in [-0.4, -0.2) is 12.0 Å². The van der Waals surface area contributed by atoms with Crippen LogP contribution in [0.25, 0.3) is 21.8 Å². The van der Waals surface area contributed by atoms with Gasteiger partial charge >= 0.3 is 0 Å². The largest absolute Gasteiger partial charge is 0.355 e. The molecule has 1 aromatic heterocycles. The van der Waals surface area contributed by atoms with Crippen molar-refractivity contribution in [3.8, 4) is 0 Å². The van der Waals surface area contributed by atoms with E-state index in [0.717, 1.165) is 5.92 Å². The van der Waals surface area contributed by atoms with Gasteiger partial charge in [0.2, 0.25) is 0 Å². The van der Waals surface area contributed by atoms with Crippen LogP contribution in [0.15, 0.2) is 42.5 Å². The van der Waals surface area contributed by atoms with E-state index in [-0.39, 0.29) is 0 Å². The van der Waals surface area contributed by atoms with Crippen LogP contribution in [0.2, 0.25) is 0 Å². The SMILES string of the molecule is CNC(c1ccc2[nH]c3ccccc3c2c1)C1CC1(C)C. The molecule has 2 atom stereocenters. The third-order valence-corrected chi connectivity index (χ3v) is 5.19. The average Bonchev–Trinajstić information content (AvgIpc) is 2.95. The number of hydrogen-bond acceptors (Lipinski definition) is 1. The van der Waals surface area contributed by atoms with Crippen molar-refractivity contribution < 1.29 is 0 Å². The molecule has 0 spiro atoms. The molecule has 2 unspecified atom stereocenters. The number of fused-ring (bicyclic) bond motifs is 3. The molecule has 1 aliphatic rings. The summed E-state index contributed by atoms with van der Waals surface area (Å²) in [6.07, 6.45) is 1.31. The van der Waals surface area contributed by atoms with Crippen LogP contribution in [0.3, 0.4) is 0 Å². The molecule has 0 amide bonds. The van der Waals surface area contributed by atoms with Crippen molar-refractivity contribution in [1.82, 2.24) is 10.3 Å². The molecule has 108 valence electrons. The lowest BCUT2D eigenvalue weighted by Crippen LogP contribution is -2.20. The van der Waals surface area contributed by atoms with Crippen LogP contribution >= 0.6 is 0 Å². The van der Waals surface area contributed by atoms with Gasteiger partial charge in [0, 0.05) is 27.8 Å². The Labute approximate surface area is 125 Å². The number of H-pyrrole nitrogens is 1. The molecule has 0 radical (unpaired) electrons. The van der Waals surface area contributed by atoms with Crippen LogP contribution in [0, 0.1) is 11.3 Å². The first-order valence-corrected chi connectivity index (χ1v) is 7.78. The number of hydrogen-bond donors (Lipinski definition) is 2. The van der Waals surface area contributed by atoms with Gasteiger partial charge in [-0.15, -0.1) is 0 Å². The second kappa shape index (κ2) is 4.35. The Morgan fingerprint density at radius 2 is 1.81 bits per heavy atom. The van der Waals surface area contributed by atoms with Gasteiger partial charge in [0.25, 0.3) is 0 Å². The van der Waals surface area contributed by atoms with Crippen molar-refractivity contribution in [1.29, 1.82) is 0 Å². The van der Waals surface area contributed by atoms with Crippen molar-refractivity contribution >= 4 is 21.8 Å². The summed E-state index contributed by atoms with van der Waals surface area (Å²) in [7, 11) is 2.08. The van der Waals surface area contributed by atoms with Crippen molar-refractivity contribution in [3.05, 3.63) is 48.0 Å². The first kappa shape index (κ1) is 12.9. The van der Waals surface area contributed by atoms with E-state index in [2.05, 4.69) is 73.7 Å². The fourth-order valence-electron chi connectivity index (χ4n) is 3.74. The number of benzene rings is 2. The topological polar surface area (TPSA) is 27.8 Å². The van der Waals surface area contributed by atoms with Gasteiger partial charge in [-0.1, -0.05) is 38.1 Å². The summed E-state index contributed by atoms with van der Waals surface area (Å²) in [5.74, 6) is 0.741. The van der Waals surface area contributed by atoms with Crippen molar-refractivity contribution in [3.63, 3.8) is 0 Å². The number of aromatic nitrogens is 1. The van der Waals surface area contributed by atoms with E-state index in [9.17, 15) is 0 Å². The van der Waals surface area contributed by atoms with E-state index in [1.165, 1.54) is 33.8 Å². The van der Waals surface area contributed by atoms with Crippen molar-refractivity contribution in [2.75, 3.05) is 7.05 Å². The first-order valence-electron chi connectivity index (χ1n) is 7.78. The molecule has 1 aliphatic carbocycles. The fraction of sp³-hybridized carbons (Fsp3) is 0.368. The highest BCUT2D eigenvalue weighted by Gasteiger charge is 2.50. The van der Waals surface area contributed by atoms with Crippen LogP contribution in [-0.2, 0) is 0 Å². The predicted octanol–water partition coefficient (Wildman–Crippen LogP) is 4.63. The number of aromatic amines is 1. The van der Waals surface area contributed by atoms with Crippen LogP contribution in [0.5, 0.6) is 0 Å². The Hall–Kier alpha value is -1.80. The number of para-hydroxylation sites is 1. The molecule has 0 aliphatic heterocycles. The smallest absolute Gasteiger partial charge is 0.0465 e. The summed E-state index contributed by atoms with van der Waals surface area (Å²) >= 11 is 0. The normalized spacial score (nSPS) is 21.8. The Bertz CT molecular complexity index is 813. The highest BCUT2D eigenvalue weighted by Crippen LogP contribution is 2.57. The molecule has 21 heavy (non-hydrogen) atoms. The molecule has 0 saturated heterocycles. The van der Waals surface area contributed by atoms with Gasteiger partial charge < -0.3 is 10.3 Å². The van der Waals surface area contributed by atoms with Crippen molar-refractivity contribution in [2.45, 2.75) is 26.3 Å². The molecular formula is C19H22N2. The minimum atomic E-state index is 0.457. The summed E-state index contributed by atoms with van der Waals surface area (Å²) in [5.41, 5.74) is 4.33. The Morgan fingerprint density at radius 3 is 2.52 bits per heavy atom. The molecule has 2 heteroatoms. The zero-order valence-corrected chi connectivity index (χ0v) is 12.9. The Balaban J connectivity index is 1.84. The number of rotatable bonds is 3. The lowest BCUT2D eigenvalue weighted by molar-refractivity contribution is 0.441. The maximum absolute atomic E-state index is 3.53. The third-order valence-electron chi connectivity index (χ3n) is 5.19. The second-order valence-corrected chi connectivity index (χ2v) is 7.04. The summed E-state index contributed by atoms with van der Waals surface area (Å²) in [5, 5.41) is 6.18. The standard InChI is InChI=1S/C19H22N2/c1-19(2)11-15(19)18(20-3)12-8-9-17-14(10-12)13-6-4-5-7-16(13)21-17/h4-10,15,18,20-21H,11H2,1-3H3. The first-order chi connectivity index (χ1) is 10.1. The van der Waals surface area contributed by atoms with E-state index in [4.69, 9.17) is 0 Å². The van der Waals surface area contributed by atoms with E-state index in [1.54, 1.807) is 0 Å². The summed E-state index contributed by atoms with van der Waals surface area (Å²) in [6.45, 7) is 4.73. The molecule has 2 N–H and O–H groups in total. The maximum atomic E-state index is 3.53. The van der Waals surface area contributed by atoms with Crippen LogP contribution in [0.4, 0.5) is 0 Å². The summed E-state index contributed by atoms with van der Waals surface area (Å²) < 4.78 is 0. The van der Waals surface area contributed by atoms with Crippen LogP contribution < -0.4 is 5.32 Å². The minimum Gasteiger partial charge on any atom is -0.355 e. The maximum Gasteiger partial charge on any atom is 0.0465 e. The summed E-state index contributed by atoms with van der Waals surface area (Å²) in [6, 6.07) is 15.9. The molecule has 2 aromatic carbocycles. The monoisotopic (exact) mass is 278 g/mol. The van der Waals surface area contributed by atoms with Gasteiger partial charge in [-0.2, -0.15) is 0 Å². The van der Waals surface area contributed by atoms with E-state index in [1.807, 2.05) is 0 Å². The van der Waals surface area contributed by atoms with Gasteiger partial charge in [-0.25, -0.2) is 0 Å². The number of nitrogens with one attached hydrogen (secondary N) is 2. The minimum absolute atomic E-state index is 0.457. The van der Waals surface area contributed by atoms with Gasteiger partial charge in [-0.3, -0.25) is 0 Å². The van der Waals surface area contributed by atoms with Gasteiger partial charge in [-0.05, 0) is 48.6 Å². The quantitative estimate of drug-likeness (QED) is 0.718. The lowest BCUT2D eigenvalue weighted by atomic mass is 9.96. The van der Waals surface area contributed by atoms with E-state index < -0.39 is 0 Å². The zero-order chi connectivity index (χ0) is 14.6. The van der Waals surface area contributed by atoms with Gasteiger partial charge in [0.1, 0.15) is 0 Å². The molecular weight excluding hydrogens is 256 g/mol. The highest BCUT2D eigenvalue weighted by atomic mass is 14.9.